The Morgan fingerprint density at radius 3 is 2.29 bits per heavy atom. The zero-order valence-corrected chi connectivity index (χ0v) is 14.1. The molecular weight excluding hydrogens is 284 g/mol. The van der Waals surface area contributed by atoms with Crippen molar-refractivity contribution in [2.75, 3.05) is 32.7 Å². The van der Waals surface area contributed by atoms with Crippen LogP contribution in [0.2, 0.25) is 0 Å². The normalized spacial score (nSPS) is 18.3. The maximum Gasteiger partial charge on any atom is 0.243 e. The van der Waals surface area contributed by atoms with Crippen molar-refractivity contribution in [3.63, 3.8) is 0 Å². The van der Waals surface area contributed by atoms with E-state index in [0.717, 1.165) is 25.2 Å². The number of nitrogens with zero attached hydrogens (tertiary/aromatic N) is 2. The third-order valence-corrected chi connectivity index (χ3v) is 6.12. The fourth-order valence-corrected chi connectivity index (χ4v) is 4.27. The van der Waals surface area contributed by atoms with E-state index < -0.39 is 10.0 Å². The standard InChI is InChI=1S/C16H26N2O2S/c1-14(2)8-9-17-10-12-18(13-11-17)21(19,20)16-7-5-4-6-15(16)3/h4-7,14H,8-13H2,1-3H3. The van der Waals surface area contributed by atoms with Crippen LogP contribution in [-0.4, -0.2) is 50.3 Å². The molecule has 1 heterocycles. The van der Waals surface area contributed by atoms with Gasteiger partial charge in [-0.15, -0.1) is 0 Å². The lowest BCUT2D eigenvalue weighted by atomic mass is 10.1. The first-order valence-corrected chi connectivity index (χ1v) is 9.13. The van der Waals surface area contributed by atoms with Gasteiger partial charge in [-0.05, 0) is 37.4 Å². The Bertz CT molecular complexity index is 561. The molecule has 0 amide bonds. The highest BCUT2D eigenvalue weighted by Crippen LogP contribution is 2.21. The zero-order chi connectivity index (χ0) is 15.5. The van der Waals surface area contributed by atoms with Crippen LogP contribution in [0.5, 0.6) is 0 Å². The first kappa shape index (κ1) is 16.5. The molecule has 5 heteroatoms. The van der Waals surface area contributed by atoms with Crippen LogP contribution in [0.1, 0.15) is 25.8 Å². The highest BCUT2D eigenvalue weighted by Gasteiger charge is 2.29. The minimum Gasteiger partial charge on any atom is -0.301 e. The smallest absolute Gasteiger partial charge is 0.243 e. The molecular formula is C16H26N2O2S. The van der Waals surface area contributed by atoms with E-state index in [4.69, 9.17) is 0 Å². The number of rotatable bonds is 5. The van der Waals surface area contributed by atoms with E-state index in [9.17, 15) is 8.42 Å². The van der Waals surface area contributed by atoms with Crippen LogP contribution in [0.3, 0.4) is 0 Å². The van der Waals surface area contributed by atoms with Gasteiger partial charge in [0, 0.05) is 26.2 Å². The van der Waals surface area contributed by atoms with Gasteiger partial charge in [-0.1, -0.05) is 32.0 Å². The van der Waals surface area contributed by atoms with Crippen LogP contribution in [0.25, 0.3) is 0 Å². The summed E-state index contributed by atoms with van der Waals surface area (Å²) in [6, 6.07) is 7.22. The highest BCUT2D eigenvalue weighted by molar-refractivity contribution is 7.89. The van der Waals surface area contributed by atoms with Gasteiger partial charge in [-0.25, -0.2) is 8.42 Å². The Morgan fingerprint density at radius 1 is 1.10 bits per heavy atom. The first-order valence-electron chi connectivity index (χ1n) is 7.69. The molecule has 0 atom stereocenters. The van der Waals surface area contributed by atoms with Crippen molar-refractivity contribution in [2.45, 2.75) is 32.1 Å². The van der Waals surface area contributed by atoms with Crippen molar-refractivity contribution < 1.29 is 8.42 Å². The summed E-state index contributed by atoms with van der Waals surface area (Å²) < 4.78 is 27.0. The summed E-state index contributed by atoms with van der Waals surface area (Å²) in [4.78, 5) is 2.81. The lowest BCUT2D eigenvalue weighted by Crippen LogP contribution is -2.48. The summed E-state index contributed by atoms with van der Waals surface area (Å²) in [6.45, 7) is 10.2. The molecule has 0 saturated carbocycles. The molecule has 0 aliphatic carbocycles. The average Bonchev–Trinajstić information content (AvgIpc) is 2.46. The summed E-state index contributed by atoms with van der Waals surface area (Å²) in [5.74, 6) is 0.693. The molecule has 4 nitrogen and oxygen atoms in total. The van der Waals surface area contributed by atoms with E-state index >= 15 is 0 Å². The van der Waals surface area contributed by atoms with Gasteiger partial charge in [0.1, 0.15) is 0 Å². The molecule has 1 aliphatic rings. The second-order valence-electron chi connectivity index (χ2n) is 6.19. The van der Waals surface area contributed by atoms with E-state index in [1.54, 1.807) is 16.4 Å². The van der Waals surface area contributed by atoms with Gasteiger partial charge in [-0.3, -0.25) is 0 Å². The van der Waals surface area contributed by atoms with Crippen molar-refractivity contribution >= 4 is 10.0 Å². The Labute approximate surface area is 128 Å². The summed E-state index contributed by atoms with van der Waals surface area (Å²) in [6.07, 6.45) is 1.17. The van der Waals surface area contributed by atoms with Crippen molar-refractivity contribution in [2.24, 2.45) is 5.92 Å². The molecule has 0 unspecified atom stereocenters. The third-order valence-electron chi connectivity index (χ3n) is 4.07. The van der Waals surface area contributed by atoms with Gasteiger partial charge in [0.2, 0.25) is 10.0 Å². The van der Waals surface area contributed by atoms with E-state index in [0.29, 0.717) is 23.9 Å². The zero-order valence-electron chi connectivity index (χ0n) is 13.2. The number of benzene rings is 1. The number of hydrogen-bond donors (Lipinski definition) is 0. The molecule has 21 heavy (non-hydrogen) atoms. The molecule has 0 spiro atoms. The molecule has 1 saturated heterocycles. The monoisotopic (exact) mass is 310 g/mol. The predicted octanol–water partition coefficient (Wildman–Crippen LogP) is 2.35. The summed E-state index contributed by atoms with van der Waals surface area (Å²) in [5.41, 5.74) is 0.819. The van der Waals surface area contributed by atoms with Gasteiger partial charge in [-0.2, -0.15) is 4.31 Å². The van der Waals surface area contributed by atoms with Gasteiger partial charge in [0.15, 0.2) is 0 Å². The number of piperazine rings is 1. The van der Waals surface area contributed by atoms with Crippen molar-refractivity contribution in [3.8, 4) is 0 Å². The molecule has 1 aliphatic heterocycles. The topological polar surface area (TPSA) is 40.6 Å². The van der Waals surface area contributed by atoms with E-state index in [-0.39, 0.29) is 0 Å². The Balaban J connectivity index is 2.00. The van der Waals surface area contributed by atoms with Crippen LogP contribution < -0.4 is 0 Å². The quantitative estimate of drug-likeness (QED) is 0.838. The molecule has 0 N–H and O–H groups in total. The predicted molar refractivity (Wildman–Crippen MR) is 85.8 cm³/mol. The molecule has 1 aromatic carbocycles. The lowest BCUT2D eigenvalue weighted by molar-refractivity contribution is 0.180. The first-order chi connectivity index (χ1) is 9.91. The lowest BCUT2D eigenvalue weighted by Gasteiger charge is -2.34. The van der Waals surface area contributed by atoms with Crippen LogP contribution in [0.15, 0.2) is 29.2 Å². The molecule has 1 aromatic rings. The van der Waals surface area contributed by atoms with Gasteiger partial charge in [0.25, 0.3) is 0 Å². The van der Waals surface area contributed by atoms with Crippen LogP contribution in [-0.2, 0) is 10.0 Å². The number of aryl methyl sites for hydroxylation is 1. The van der Waals surface area contributed by atoms with Crippen LogP contribution in [0.4, 0.5) is 0 Å². The minimum atomic E-state index is -3.34. The van der Waals surface area contributed by atoms with E-state index in [1.807, 2.05) is 19.1 Å². The summed E-state index contributed by atoms with van der Waals surface area (Å²) >= 11 is 0. The molecule has 2 rings (SSSR count). The van der Waals surface area contributed by atoms with Gasteiger partial charge in [0.05, 0.1) is 4.90 Å². The minimum absolute atomic E-state index is 0.445. The maximum absolute atomic E-state index is 12.7. The number of sulfonamides is 1. The Hall–Kier alpha value is -0.910. The molecule has 0 aromatic heterocycles. The Morgan fingerprint density at radius 2 is 1.71 bits per heavy atom. The second kappa shape index (κ2) is 6.90. The number of hydrogen-bond acceptors (Lipinski definition) is 3. The molecule has 118 valence electrons. The largest absolute Gasteiger partial charge is 0.301 e. The van der Waals surface area contributed by atoms with Crippen LogP contribution >= 0.6 is 0 Å². The van der Waals surface area contributed by atoms with Crippen molar-refractivity contribution in [3.05, 3.63) is 29.8 Å². The molecule has 1 fully saturated rings. The summed E-state index contributed by atoms with van der Waals surface area (Å²) in [7, 11) is -3.34. The van der Waals surface area contributed by atoms with Crippen molar-refractivity contribution in [1.82, 2.24) is 9.21 Å². The van der Waals surface area contributed by atoms with E-state index in [1.165, 1.54) is 6.42 Å². The fraction of sp³-hybridized carbons (Fsp3) is 0.625. The molecule has 0 radical (unpaired) electrons. The molecule has 0 bridgehead atoms. The fourth-order valence-electron chi connectivity index (χ4n) is 2.62. The SMILES string of the molecule is Cc1ccccc1S(=O)(=O)N1CCN(CCC(C)C)CC1. The van der Waals surface area contributed by atoms with Gasteiger partial charge < -0.3 is 4.90 Å². The van der Waals surface area contributed by atoms with Gasteiger partial charge >= 0.3 is 0 Å². The maximum atomic E-state index is 12.7. The van der Waals surface area contributed by atoms with E-state index in [2.05, 4.69) is 18.7 Å². The average molecular weight is 310 g/mol. The second-order valence-corrected chi connectivity index (χ2v) is 8.10. The van der Waals surface area contributed by atoms with Crippen molar-refractivity contribution in [1.29, 1.82) is 0 Å². The Kier molecular flexibility index (Phi) is 5.41. The summed E-state index contributed by atoms with van der Waals surface area (Å²) in [5, 5.41) is 0. The highest BCUT2D eigenvalue weighted by atomic mass is 32.2. The third kappa shape index (κ3) is 4.05. The van der Waals surface area contributed by atoms with Crippen LogP contribution in [0, 0.1) is 12.8 Å².